The molecule has 0 aliphatic rings. The number of fused-ring (bicyclic) bond motifs is 3. The first-order valence-electron chi connectivity index (χ1n) is 6.02. The molecule has 6 nitrogen and oxygen atoms in total. The highest BCUT2D eigenvalue weighted by Gasteiger charge is 2.25. The molecule has 2 heterocycles. The Kier molecular flexibility index (Phi) is 2.30. The molecule has 0 bridgehead atoms. The van der Waals surface area contributed by atoms with Gasteiger partial charge in [-0.1, -0.05) is 19.6 Å². The number of nitro benzene ring substituents is 1. The largest absolute Gasteiger partial charge is 0.307 e. The smallest absolute Gasteiger partial charge is 0.296 e. The van der Waals surface area contributed by atoms with Crippen LogP contribution in [0.25, 0.3) is 21.8 Å². The fourth-order valence-corrected chi connectivity index (χ4v) is 3.23. The van der Waals surface area contributed by atoms with Crippen molar-refractivity contribution in [2.24, 2.45) is 0 Å². The summed E-state index contributed by atoms with van der Waals surface area (Å²) in [5.41, 5.74) is 1.42. The molecular weight excluding hydrogens is 260 g/mol. The van der Waals surface area contributed by atoms with Crippen molar-refractivity contribution in [2.45, 2.75) is 19.6 Å². The van der Waals surface area contributed by atoms with Crippen molar-refractivity contribution in [3.8, 4) is 0 Å². The Morgan fingerprint density at radius 2 is 2.05 bits per heavy atom. The lowest BCUT2D eigenvalue weighted by Crippen LogP contribution is -2.38. The molecule has 0 saturated carbocycles. The number of nitro groups is 1. The number of nitrogens with zero attached hydrogens (tertiary/aromatic N) is 2. The molecule has 19 heavy (non-hydrogen) atoms. The van der Waals surface area contributed by atoms with Crippen LogP contribution in [0.15, 0.2) is 18.3 Å². The second-order valence-corrected chi connectivity index (χ2v) is 10.7. The average Bonchev–Trinajstić information content (AvgIpc) is 2.92. The lowest BCUT2D eigenvalue weighted by atomic mass is 10.1. The van der Waals surface area contributed by atoms with Gasteiger partial charge in [0.1, 0.15) is 13.6 Å². The SMILES string of the molecule is C[Si](C)(C)c1cc2c(n1)c([N+](=O)[O-])cc1c[nH][nH]c12. The van der Waals surface area contributed by atoms with Crippen molar-refractivity contribution < 1.29 is 4.92 Å². The molecule has 3 rings (SSSR count). The van der Waals surface area contributed by atoms with Gasteiger partial charge >= 0.3 is 0 Å². The predicted molar refractivity (Wildman–Crippen MR) is 77.6 cm³/mol. The Morgan fingerprint density at radius 1 is 1.32 bits per heavy atom. The van der Waals surface area contributed by atoms with Crippen LogP contribution in [0.3, 0.4) is 0 Å². The zero-order valence-electron chi connectivity index (χ0n) is 10.9. The van der Waals surface area contributed by atoms with Crippen LogP contribution in [0.5, 0.6) is 0 Å². The van der Waals surface area contributed by atoms with E-state index in [9.17, 15) is 10.1 Å². The van der Waals surface area contributed by atoms with E-state index in [1.54, 1.807) is 12.3 Å². The van der Waals surface area contributed by atoms with Gasteiger partial charge in [0.2, 0.25) is 0 Å². The minimum Gasteiger partial charge on any atom is -0.307 e. The summed E-state index contributed by atoms with van der Waals surface area (Å²) >= 11 is 0. The van der Waals surface area contributed by atoms with Crippen molar-refractivity contribution in [2.75, 3.05) is 0 Å². The van der Waals surface area contributed by atoms with Crippen LogP contribution >= 0.6 is 0 Å². The van der Waals surface area contributed by atoms with Crippen LogP contribution in [0, 0.1) is 10.1 Å². The molecule has 0 radical (unpaired) electrons. The number of non-ortho nitro benzene ring substituents is 1. The van der Waals surface area contributed by atoms with Gasteiger partial charge < -0.3 is 10.2 Å². The maximum absolute atomic E-state index is 11.2. The normalized spacial score (nSPS) is 12.4. The standard InChI is InChI=1S/C12H14N4O2Si/c1-19(2,3)10-5-8-11-7(6-13-15-11)4-9(16(17)18)12(8)14-10/h4-6,13,15H,1-3H3. The van der Waals surface area contributed by atoms with E-state index in [1.165, 1.54) is 0 Å². The summed E-state index contributed by atoms with van der Waals surface area (Å²) in [5, 5.41) is 19.7. The molecule has 7 heteroatoms. The minimum atomic E-state index is -1.60. The van der Waals surface area contributed by atoms with Gasteiger partial charge in [-0.3, -0.25) is 15.1 Å². The molecule has 0 aliphatic heterocycles. The van der Waals surface area contributed by atoms with Gasteiger partial charge in [0.25, 0.3) is 5.69 Å². The third-order valence-electron chi connectivity index (χ3n) is 3.25. The highest BCUT2D eigenvalue weighted by atomic mass is 28.3. The second kappa shape index (κ2) is 3.67. The highest BCUT2D eigenvalue weighted by Crippen LogP contribution is 2.31. The molecule has 0 saturated heterocycles. The van der Waals surface area contributed by atoms with Crippen molar-refractivity contribution in [3.63, 3.8) is 0 Å². The van der Waals surface area contributed by atoms with Crippen LogP contribution in [-0.2, 0) is 0 Å². The molecule has 2 aromatic heterocycles. The van der Waals surface area contributed by atoms with E-state index in [0.29, 0.717) is 5.52 Å². The van der Waals surface area contributed by atoms with E-state index in [4.69, 9.17) is 0 Å². The van der Waals surface area contributed by atoms with Gasteiger partial charge in [-0.15, -0.1) is 0 Å². The van der Waals surface area contributed by atoms with E-state index in [0.717, 1.165) is 21.6 Å². The van der Waals surface area contributed by atoms with Gasteiger partial charge in [0.05, 0.1) is 10.4 Å². The molecule has 0 aliphatic carbocycles. The summed E-state index contributed by atoms with van der Waals surface area (Å²) in [6.45, 7) is 6.54. The predicted octanol–water partition coefficient (Wildman–Crippen LogP) is 2.50. The number of hydrogen-bond donors (Lipinski definition) is 2. The molecule has 1 aromatic carbocycles. The molecule has 2 N–H and O–H groups in total. The number of nitrogens with one attached hydrogen (secondary N) is 2. The zero-order chi connectivity index (χ0) is 13.8. The first-order valence-corrected chi connectivity index (χ1v) is 9.52. The summed E-state index contributed by atoms with van der Waals surface area (Å²) in [4.78, 5) is 15.4. The minimum absolute atomic E-state index is 0.0694. The quantitative estimate of drug-likeness (QED) is 0.427. The molecule has 0 fully saturated rings. The highest BCUT2D eigenvalue weighted by molar-refractivity contribution is 6.88. The van der Waals surface area contributed by atoms with Gasteiger partial charge in [-0.05, 0) is 6.07 Å². The number of benzene rings is 1. The Morgan fingerprint density at radius 3 is 2.68 bits per heavy atom. The maximum Gasteiger partial charge on any atom is 0.296 e. The molecule has 0 unspecified atom stereocenters. The summed E-state index contributed by atoms with van der Waals surface area (Å²) in [6.07, 6.45) is 1.73. The van der Waals surface area contributed by atoms with Crippen LogP contribution in [0.4, 0.5) is 5.69 Å². The molecule has 3 aromatic rings. The van der Waals surface area contributed by atoms with E-state index >= 15 is 0 Å². The second-order valence-electron chi connectivity index (χ2n) is 5.68. The Hall–Kier alpha value is -2.15. The molecule has 98 valence electrons. The number of rotatable bonds is 2. The Balaban J connectivity index is 2.46. The third-order valence-corrected chi connectivity index (χ3v) is 5.04. The zero-order valence-corrected chi connectivity index (χ0v) is 11.9. The van der Waals surface area contributed by atoms with Crippen molar-refractivity contribution in [3.05, 3.63) is 28.4 Å². The van der Waals surface area contributed by atoms with Gasteiger partial charge in [-0.2, -0.15) is 0 Å². The third kappa shape index (κ3) is 1.74. The summed E-state index contributed by atoms with van der Waals surface area (Å²) in [5.74, 6) is 0. The van der Waals surface area contributed by atoms with E-state index in [1.807, 2.05) is 6.07 Å². The number of aromatic amines is 2. The molecule has 0 spiro atoms. The summed E-state index contributed by atoms with van der Waals surface area (Å²) in [7, 11) is -1.60. The lowest BCUT2D eigenvalue weighted by molar-refractivity contribution is -0.383. The van der Waals surface area contributed by atoms with Crippen LogP contribution in [-0.4, -0.2) is 28.2 Å². The average molecular weight is 274 g/mol. The number of H-pyrrole nitrogens is 2. The monoisotopic (exact) mass is 274 g/mol. The van der Waals surface area contributed by atoms with Gasteiger partial charge in [0, 0.05) is 28.4 Å². The van der Waals surface area contributed by atoms with Crippen molar-refractivity contribution in [1.29, 1.82) is 0 Å². The summed E-state index contributed by atoms with van der Waals surface area (Å²) < 4.78 is 0. The van der Waals surface area contributed by atoms with Crippen LogP contribution in [0.1, 0.15) is 0 Å². The van der Waals surface area contributed by atoms with Crippen molar-refractivity contribution in [1.82, 2.24) is 15.2 Å². The first-order chi connectivity index (χ1) is 8.88. The van der Waals surface area contributed by atoms with Crippen molar-refractivity contribution >= 4 is 40.9 Å². The van der Waals surface area contributed by atoms with Gasteiger partial charge in [-0.25, -0.2) is 0 Å². The molecule has 0 atom stereocenters. The maximum atomic E-state index is 11.2. The summed E-state index contributed by atoms with van der Waals surface area (Å²) in [6, 6.07) is 3.55. The molecular formula is C12H14N4O2Si. The van der Waals surface area contributed by atoms with Gasteiger partial charge in [0.15, 0.2) is 0 Å². The number of aromatic nitrogens is 3. The Bertz CT molecular complexity index is 797. The fourth-order valence-electron chi connectivity index (χ4n) is 2.21. The topological polar surface area (TPSA) is 87.6 Å². The lowest BCUT2D eigenvalue weighted by Gasteiger charge is -2.11. The first kappa shape index (κ1) is 11.9. The Labute approximate surface area is 110 Å². The van der Waals surface area contributed by atoms with Crippen LogP contribution in [0.2, 0.25) is 19.6 Å². The number of hydrogen-bond acceptors (Lipinski definition) is 3. The van der Waals surface area contributed by atoms with E-state index in [2.05, 4.69) is 34.8 Å². The molecule has 0 amide bonds. The fraction of sp³-hybridized carbons (Fsp3) is 0.250. The van der Waals surface area contributed by atoms with Crippen LogP contribution < -0.4 is 5.32 Å². The van der Waals surface area contributed by atoms with E-state index < -0.39 is 8.07 Å². The van der Waals surface area contributed by atoms with E-state index in [-0.39, 0.29) is 10.6 Å².